The molecule has 1 aromatic carbocycles. The van der Waals surface area contributed by atoms with Crippen molar-refractivity contribution in [1.82, 2.24) is 4.98 Å². The van der Waals surface area contributed by atoms with Gasteiger partial charge in [-0.2, -0.15) is 5.26 Å². The first-order chi connectivity index (χ1) is 7.61. The minimum atomic E-state index is -0.636. The topological polar surface area (TPSA) is 62.7 Å². The number of rotatable bonds is 1. The second-order valence-electron chi connectivity index (χ2n) is 2.97. The molecule has 1 aromatic heterocycles. The number of nitrogen functional groups attached to an aromatic ring is 1. The molecule has 80 valence electrons. The van der Waals surface area contributed by atoms with Gasteiger partial charge in [0.1, 0.15) is 28.3 Å². The number of benzene rings is 1. The van der Waals surface area contributed by atoms with Gasteiger partial charge in [-0.15, -0.1) is 0 Å². The molecule has 0 saturated heterocycles. The Morgan fingerprint density at radius 3 is 2.81 bits per heavy atom. The summed E-state index contributed by atoms with van der Waals surface area (Å²) < 4.78 is 26.4. The van der Waals surface area contributed by atoms with Crippen LogP contribution >= 0.6 is 11.3 Å². The standard InChI is InChI=1S/C10H5F2N3S/c11-5-1-2-7(12)6(3-5)9-8(4-13)16-10(14)15-9/h1-3H,(H2,14,15). The van der Waals surface area contributed by atoms with Crippen LogP contribution in [0.4, 0.5) is 13.9 Å². The Labute approximate surface area is 93.8 Å². The number of thiazole rings is 1. The van der Waals surface area contributed by atoms with Crippen molar-refractivity contribution >= 4 is 16.5 Å². The molecule has 2 rings (SSSR count). The summed E-state index contributed by atoms with van der Waals surface area (Å²) in [7, 11) is 0. The lowest BCUT2D eigenvalue weighted by Crippen LogP contribution is -1.89. The first-order valence-corrected chi connectivity index (χ1v) is 5.05. The van der Waals surface area contributed by atoms with Gasteiger partial charge >= 0.3 is 0 Å². The largest absolute Gasteiger partial charge is 0.375 e. The van der Waals surface area contributed by atoms with E-state index < -0.39 is 11.6 Å². The van der Waals surface area contributed by atoms with Gasteiger partial charge in [0.05, 0.1) is 0 Å². The van der Waals surface area contributed by atoms with E-state index in [2.05, 4.69) is 4.98 Å². The highest BCUT2D eigenvalue weighted by Gasteiger charge is 2.15. The number of halogens is 2. The molecule has 16 heavy (non-hydrogen) atoms. The van der Waals surface area contributed by atoms with Crippen molar-refractivity contribution in [2.24, 2.45) is 0 Å². The van der Waals surface area contributed by atoms with Crippen molar-refractivity contribution in [2.45, 2.75) is 0 Å². The lowest BCUT2D eigenvalue weighted by molar-refractivity contribution is 0.603. The van der Waals surface area contributed by atoms with Crippen LogP contribution in [-0.4, -0.2) is 4.98 Å². The average molecular weight is 237 g/mol. The molecule has 0 saturated carbocycles. The Balaban J connectivity index is 2.67. The molecule has 2 aromatic rings. The van der Waals surface area contributed by atoms with Crippen LogP contribution in [0.1, 0.15) is 4.88 Å². The highest BCUT2D eigenvalue weighted by Crippen LogP contribution is 2.30. The predicted molar refractivity (Wildman–Crippen MR) is 56.6 cm³/mol. The van der Waals surface area contributed by atoms with Gasteiger partial charge in [0.25, 0.3) is 0 Å². The van der Waals surface area contributed by atoms with E-state index in [9.17, 15) is 8.78 Å². The minimum Gasteiger partial charge on any atom is -0.375 e. The van der Waals surface area contributed by atoms with Crippen molar-refractivity contribution in [3.63, 3.8) is 0 Å². The van der Waals surface area contributed by atoms with Crippen molar-refractivity contribution in [3.05, 3.63) is 34.7 Å². The summed E-state index contributed by atoms with van der Waals surface area (Å²) in [6.45, 7) is 0. The maximum absolute atomic E-state index is 13.4. The van der Waals surface area contributed by atoms with Crippen LogP contribution in [0.2, 0.25) is 0 Å². The number of nitriles is 1. The number of hydrogen-bond acceptors (Lipinski definition) is 4. The molecular formula is C10H5F2N3S. The summed E-state index contributed by atoms with van der Waals surface area (Å²) in [6.07, 6.45) is 0. The molecule has 0 amide bonds. The highest BCUT2D eigenvalue weighted by atomic mass is 32.1. The van der Waals surface area contributed by atoms with E-state index in [1.54, 1.807) is 0 Å². The molecule has 2 N–H and O–H groups in total. The molecule has 6 heteroatoms. The van der Waals surface area contributed by atoms with Crippen LogP contribution in [0, 0.1) is 23.0 Å². The smallest absolute Gasteiger partial charge is 0.181 e. The zero-order valence-corrected chi connectivity index (χ0v) is 8.68. The average Bonchev–Trinajstić information content (AvgIpc) is 2.63. The van der Waals surface area contributed by atoms with Crippen LogP contribution in [0.15, 0.2) is 18.2 Å². The lowest BCUT2D eigenvalue weighted by Gasteiger charge is -1.99. The van der Waals surface area contributed by atoms with Gasteiger partial charge in [0, 0.05) is 5.56 Å². The Kier molecular flexibility index (Phi) is 2.54. The fourth-order valence-electron chi connectivity index (χ4n) is 1.27. The van der Waals surface area contributed by atoms with Crippen molar-refractivity contribution < 1.29 is 8.78 Å². The Morgan fingerprint density at radius 1 is 1.38 bits per heavy atom. The summed E-state index contributed by atoms with van der Waals surface area (Å²) in [4.78, 5) is 3.99. The number of hydrogen-bond donors (Lipinski definition) is 1. The van der Waals surface area contributed by atoms with Gasteiger partial charge in [0.2, 0.25) is 0 Å². The maximum atomic E-state index is 13.4. The quantitative estimate of drug-likeness (QED) is 0.828. The number of aromatic nitrogens is 1. The molecule has 0 atom stereocenters. The van der Waals surface area contributed by atoms with E-state index in [1.807, 2.05) is 6.07 Å². The fraction of sp³-hybridized carbons (Fsp3) is 0. The van der Waals surface area contributed by atoms with E-state index in [0.717, 1.165) is 29.5 Å². The molecule has 0 bridgehead atoms. The molecule has 0 fully saturated rings. The molecule has 0 unspecified atom stereocenters. The lowest BCUT2D eigenvalue weighted by atomic mass is 10.1. The Hall–Kier alpha value is -2.00. The normalized spacial score (nSPS) is 10.1. The van der Waals surface area contributed by atoms with Crippen LogP contribution in [0.25, 0.3) is 11.3 Å². The number of anilines is 1. The second-order valence-corrected chi connectivity index (χ2v) is 4.00. The first-order valence-electron chi connectivity index (χ1n) is 4.23. The first kappa shape index (κ1) is 10.5. The van der Waals surface area contributed by atoms with Crippen LogP contribution in [0.3, 0.4) is 0 Å². The fourth-order valence-corrected chi connectivity index (χ4v) is 1.92. The Morgan fingerprint density at radius 2 is 2.12 bits per heavy atom. The molecule has 3 nitrogen and oxygen atoms in total. The van der Waals surface area contributed by atoms with Crippen molar-refractivity contribution in [3.8, 4) is 17.3 Å². The molecular weight excluding hydrogens is 232 g/mol. The molecule has 1 heterocycles. The molecule has 0 radical (unpaired) electrons. The van der Waals surface area contributed by atoms with E-state index in [1.165, 1.54) is 0 Å². The predicted octanol–water partition coefficient (Wildman–Crippen LogP) is 2.54. The zero-order valence-electron chi connectivity index (χ0n) is 7.87. The van der Waals surface area contributed by atoms with E-state index in [-0.39, 0.29) is 21.3 Å². The Bertz CT molecular complexity index is 586. The summed E-state index contributed by atoms with van der Waals surface area (Å²) in [5, 5.41) is 8.95. The maximum Gasteiger partial charge on any atom is 0.181 e. The third-order valence-corrected chi connectivity index (χ3v) is 2.72. The summed E-state index contributed by atoms with van der Waals surface area (Å²) in [6, 6.07) is 4.83. The van der Waals surface area contributed by atoms with E-state index >= 15 is 0 Å². The van der Waals surface area contributed by atoms with Crippen molar-refractivity contribution in [2.75, 3.05) is 5.73 Å². The third kappa shape index (κ3) is 1.73. The van der Waals surface area contributed by atoms with Gasteiger partial charge in [0.15, 0.2) is 5.13 Å². The van der Waals surface area contributed by atoms with Crippen molar-refractivity contribution in [1.29, 1.82) is 5.26 Å². The molecule has 0 aliphatic carbocycles. The van der Waals surface area contributed by atoms with Gasteiger partial charge < -0.3 is 5.73 Å². The third-order valence-electron chi connectivity index (χ3n) is 1.93. The monoisotopic (exact) mass is 237 g/mol. The van der Waals surface area contributed by atoms with Gasteiger partial charge in [-0.1, -0.05) is 11.3 Å². The van der Waals surface area contributed by atoms with E-state index in [0.29, 0.717) is 0 Å². The number of nitrogens with two attached hydrogens (primary N) is 1. The molecule has 0 spiro atoms. The summed E-state index contributed by atoms with van der Waals surface area (Å²) >= 11 is 0.940. The van der Waals surface area contributed by atoms with Crippen LogP contribution < -0.4 is 5.73 Å². The SMILES string of the molecule is N#Cc1sc(N)nc1-c1cc(F)ccc1F. The summed E-state index contributed by atoms with van der Waals surface area (Å²) in [5.74, 6) is -1.23. The van der Waals surface area contributed by atoms with Gasteiger partial charge in [-0.25, -0.2) is 13.8 Å². The van der Waals surface area contributed by atoms with Crippen LogP contribution in [-0.2, 0) is 0 Å². The number of nitrogens with zero attached hydrogens (tertiary/aromatic N) is 2. The highest BCUT2D eigenvalue weighted by molar-refractivity contribution is 7.16. The van der Waals surface area contributed by atoms with Crippen LogP contribution in [0.5, 0.6) is 0 Å². The molecule has 0 aliphatic heterocycles. The van der Waals surface area contributed by atoms with Gasteiger partial charge in [-0.05, 0) is 18.2 Å². The zero-order chi connectivity index (χ0) is 11.7. The van der Waals surface area contributed by atoms with Gasteiger partial charge in [-0.3, -0.25) is 0 Å². The second kappa shape index (κ2) is 3.87. The summed E-state index contributed by atoms with van der Waals surface area (Å²) in [5.41, 5.74) is 5.45. The van der Waals surface area contributed by atoms with E-state index in [4.69, 9.17) is 11.0 Å². The minimum absolute atomic E-state index is 0.0514. The molecule has 0 aliphatic rings.